The fourth-order valence-corrected chi connectivity index (χ4v) is 3.93. The Bertz CT molecular complexity index is 684. The Kier molecular flexibility index (Phi) is 6.83. The van der Waals surface area contributed by atoms with Crippen LogP contribution in [-0.4, -0.2) is 27.4 Å². The fraction of sp³-hybridized carbons (Fsp3) is 0.500. The Balaban J connectivity index is 1.81. The quantitative estimate of drug-likeness (QED) is 0.559. The highest BCUT2D eigenvalue weighted by Gasteiger charge is 2.15. The minimum absolute atomic E-state index is 0.0639. The number of carbonyl (C=O) groups is 1. The fourth-order valence-electron chi connectivity index (χ4n) is 3.00. The summed E-state index contributed by atoms with van der Waals surface area (Å²) in [5, 5.41) is 2.88. The third-order valence-corrected chi connectivity index (χ3v) is 5.76. The third kappa shape index (κ3) is 5.36. The van der Waals surface area contributed by atoms with E-state index in [4.69, 9.17) is 6.42 Å². The SMILES string of the molecule is C#CCNS(=O)(=O)c1ccc(C(=O)NCCCC2CCCC2)cc1. The van der Waals surface area contributed by atoms with Gasteiger partial charge in [-0.15, -0.1) is 6.42 Å². The molecule has 6 heteroatoms. The largest absolute Gasteiger partial charge is 0.352 e. The van der Waals surface area contributed by atoms with Gasteiger partial charge in [-0.25, -0.2) is 8.42 Å². The maximum atomic E-state index is 12.1. The monoisotopic (exact) mass is 348 g/mol. The van der Waals surface area contributed by atoms with E-state index in [-0.39, 0.29) is 17.3 Å². The molecule has 1 aliphatic carbocycles. The second-order valence-corrected chi connectivity index (χ2v) is 7.87. The molecule has 0 aliphatic heterocycles. The van der Waals surface area contributed by atoms with E-state index in [0.29, 0.717) is 12.1 Å². The van der Waals surface area contributed by atoms with Gasteiger partial charge in [-0.05, 0) is 43.0 Å². The topological polar surface area (TPSA) is 75.3 Å². The van der Waals surface area contributed by atoms with Crippen molar-refractivity contribution in [3.63, 3.8) is 0 Å². The van der Waals surface area contributed by atoms with Gasteiger partial charge >= 0.3 is 0 Å². The van der Waals surface area contributed by atoms with Crippen molar-refractivity contribution in [2.75, 3.05) is 13.1 Å². The molecule has 0 spiro atoms. The van der Waals surface area contributed by atoms with Crippen LogP contribution in [0, 0.1) is 18.3 Å². The number of amides is 1. The van der Waals surface area contributed by atoms with Crippen molar-refractivity contribution in [2.45, 2.75) is 43.4 Å². The minimum atomic E-state index is -3.62. The second kappa shape index (κ2) is 8.86. The Morgan fingerprint density at radius 1 is 1.21 bits per heavy atom. The van der Waals surface area contributed by atoms with Crippen LogP contribution in [0.15, 0.2) is 29.2 Å². The van der Waals surface area contributed by atoms with Gasteiger partial charge in [0.05, 0.1) is 11.4 Å². The average Bonchev–Trinajstić information content (AvgIpc) is 3.10. The van der Waals surface area contributed by atoms with Crippen LogP contribution in [-0.2, 0) is 10.0 Å². The number of terminal acetylenes is 1. The summed E-state index contributed by atoms with van der Waals surface area (Å²) in [5.41, 5.74) is 0.451. The van der Waals surface area contributed by atoms with Gasteiger partial charge in [0.1, 0.15) is 0 Å². The predicted molar refractivity (Wildman–Crippen MR) is 94.0 cm³/mol. The zero-order chi connectivity index (χ0) is 17.4. The Morgan fingerprint density at radius 2 is 1.88 bits per heavy atom. The molecule has 130 valence electrons. The van der Waals surface area contributed by atoms with Crippen LogP contribution in [0.1, 0.15) is 48.9 Å². The lowest BCUT2D eigenvalue weighted by Gasteiger charge is -2.10. The molecule has 1 aromatic carbocycles. The normalized spacial score (nSPS) is 15.1. The van der Waals surface area contributed by atoms with Gasteiger partial charge < -0.3 is 5.32 Å². The number of rotatable bonds is 8. The third-order valence-electron chi connectivity index (χ3n) is 4.34. The maximum Gasteiger partial charge on any atom is 0.251 e. The first-order chi connectivity index (χ1) is 11.5. The Morgan fingerprint density at radius 3 is 2.50 bits per heavy atom. The molecule has 1 aliphatic rings. The number of hydrogen-bond acceptors (Lipinski definition) is 3. The van der Waals surface area contributed by atoms with Crippen LogP contribution in [0.4, 0.5) is 0 Å². The molecule has 0 radical (unpaired) electrons. The molecule has 0 atom stereocenters. The van der Waals surface area contributed by atoms with Crippen LogP contribution in [0.25, 0.3) is 0 Å². The van der Waals surface area contributed by atoms with Gasteiger partial charge in [0.2, 0.25) is 10.0 Å². The van der Waals surface area contributed by atoms with Crippen LogP contribution in [0.5, 0.6) is 0 Å². The minimum Gasteiger partial charge on any atom is -0.352 e. The molecule has 0 heterocycles. The highest BCUT2D eigenvalue weighted by atomic mass is 32.2. The smallest absolute Gasteiger partial charge is 0.251 e. The molecule has 0 aromatic heterocycles. The van der Waals surface area contributed by atoms with Gasteiger partial charge in [-0.3, -0.25) is 4.79 Å². The molecule has 2 N–H and O–H groups in total. The van der Waals surface area contributed by atoms with Crippen molar-refractivity contribution in [3.05, 3.63) is 29.8 Å². The van der Waals surface area contributed by atoms with Crippen molar-refractivity contribution in [1.29, 1.82) is 0 Å². The van der Waals surface area contributed by atoms with Crippen LogP contribution in [0.2, 0.25) is 0 Å². The van der Waals surface area contributed by atoms with Gasteiger partial charge in [-0.2, -0.15) is 4.72 Å². The Hall–Kier alpha value is -1.84. The van der Waals surface area contributed by atoms with Gasteiger partial charge in [0.25, 0.3) is 5.91 Å². The molecule has 1 aromatic rings. The first-order valence-corrected chi connectivity index (χ1v) is 9.82. The predicted octanol–water partition coefficient (Wildman–Crippen LogP) is 2.30. The molecule has 0 bridgehead atoms. The lowest BCUT2D eigenvalue weighted by Crippen LogP contribution is -2.26. The highest BCUT2D eigenvalue weighted by Crippen LogP contribution is 2.28. The molecule has 24 heavy (non-hydrogen) atoms. The number of sulfonamides is 1. The van der Waals surface area contributed by atoms with E-state index in [1.54, 1.807) is 0 Å². The van der Waals surface area contributed by atoms with E-state index in [9.17, 15) is 13.2 Å². The van der Waals surface area contributed by atoms with Crippen LogP contribution in [0.3, 0.4) is 0 Å². The lowest BCUT2D eigenvalue weighted by atomic mass is 10.0. The zero-order valence-corrected chi connectivity index (χ0v) is 14.6. The summed E-state index contributed by atoms with van der Waals surface area (Å²) in [6.45, 7) is 0.588. The van der Waals surface area contributed by atoms with Crippen molar-refractivity contribution in [1.82, 2.24) is 10.0 Å². The molecule has 0 unspecified atom stereocenters. The van der Waals surface area contributed by atoms with E-state index in [0.717, 1.165) is 18.8 Å². The van der Waals surface area contributed by atoms with Crippen LogP contribution < -0.4 is 10.0 Å². The summed E-state index contributed by atoms with van der Waals surface area (Å²) < 4.78 is 26.1. The molecule has 0 saturated heterocycles. The van der Waals surface area contributed by atoms with E-state index in [2.05, 4.69) is 16.0 Å². The maximum absolute atomic E-state index is 12.1. The number of benzene rings is 1. The number of nitrogens with one attached hydrogen (secondary N) is 2. The van der Waals surface area contributed by atoms with Gasteiger partial charge in [0, 0.05) is 12.1 Å². The summed E-state index contributed by atoms with van der Waals surface area (Å²) in [4.78, 5) is 12.2. The highest BCUT2D eigenvalue weighted by molar-refractivity contribution is 7.89. The van der Waals surface area contributed by atoms with Gasteiger partial charge in [-0.1, -0.05) is 31.6 Å². The summed E-state index contributed by atoms with van der Waals surface area (Å²) in [6, 6.07) is 5.84. The summed E-state index contributed by atoms with van der Waals surface area (Å²) in [6.07, 6.45) is 12.5. The van der Waals surface area contributed by atoms with Gasteiger partial charge in [0.15, 0.2) is 0 Å². The van der Waals surface area contributed by atoms with Crippen LogP contribution >= 0.6 is 0 Å². The molecule has 1 amide bonds. The second-order valence-electron chi connectivity index (χ2n) is 6.10. The first kappa shape index (κ1) is 18.5. The van der Waals surface area contributed by atoms with E-state index < -0.39 is 10.0 Å². The summed E-state index contributed by atoms with van der Waals surface area (Å²) >= 11 is 0. The standard InChI is InChI=1S/C18H24N2O3S/c1-2-13-20-24(22,23)17-11-9-16(10-12-17)18(21)19-14-5-8-15-6-3-4-7-15/h1,9-12,15,20H,3-8,13-14H2,(H,19,21). The molecular weight excluding hydrogens is 324 g/mol. The molecular formula is C18H24N2O3S. The van der Waals surface area contributed by atoms with Crippen molar-refractivity contribution in [3.8, 4) is 12.3 Å². The van der Waals surface area contributed by atoms with Crippen molar-refractivity contribution < 1.29 is 13.2 Å². The number of hydrogen-bond donors (Lipinski definition) is 2. The molecule has 1 saturated carbocycles. The summed E-state index contributed by atoms with van der Waals surface area (Å²) in [7, 11) is -3.62. The molecule has 5 nitrogen and oxygen atoms in total. The van der Waals surface area contributed by atoms with E-state index in [1.165, 1.54) is 49.9 Å². The number of carbonyl (C=O) groups excluding carboxylic acids is 1. The summed E-state index contributed by atoms with van der Waals surface area (Å²) in [5.74, 6) is 2.86. The van der Waals surface area contributed by atoms with E-state index >= 15 is 0 Å². The van der Waals surface area contributed by atoms with Crippen molar-refractivity contribution in [2.24, 2.45) is 5.92 Å². The van der Waals surface area contributed by atoms with E-state index in [1.807, 2.05) is 0 Å². The average molecular weight is 348 g/mol. The van der Waals surface area contributed by atoms with Crippen molar-refractivity contribution >= 4 is 15.9 Å². The lowest BCUT2D eigenvalue weighted by molar-refractivity contribution is 0.0952. The Labute approximate surface area is 144 Å². The first-order valence-electron chi connectivity index (χ1n) is 8.34. The zero-order valence-electron chi connectivity index (χ0n) is 13.8. The molecule has 2 rings (SSSR count). The molecule has 1 fully saturated rings.